The van der Waals surface area contributed by atoms with Crippen LogP contribution >= 0.6 is 11.6 Å². The molecule has 0 bridgehead atoms. The van der Waals surface area contributed by atoms with Gasteiger partial charge in [0.2, 0.25) is 11.8 Å². The van der Waals surface area contributed by atoms with E-state index in [4.69, 9.17) is 21.1 Å². The number of hydrogen-bond donors (Lipinski definition) is 1. The maximum Gasteiger partial charge on any atom is 0.264 e. The van der Waals surface area contributed by atoms with E-state index in [0.29, 0.717) is 29.3 Å². The standard InChI is InChI=1S/C35H37ClFN3O6S/c1-4-19-38-35(42)31(21-25-9-6-5-7-10-25)39(23-26-11-8-12-27(36)20-26)34(41)24-40(29-15-13-28(37)14-16-29)47(43,44)30-17-18-32(45-2)33(22-30)46-3/h5-18,20,22,31H,4,19,21,23-24H2,1-3H3,(H,38,42)/t31-/m1/s1. The average molecular weight is 682 g/mol. The fourth-order valence-corrected chi connectivity index (χ4v) is 6.64. The average Bonchev–Trinajstić information content (AvgIpc) is 3.08. The van der Waals surface area contributed by atoms with Crippen LogP contribution < -0.4 is 19.1 Å². The molecule has 47 heavy (non-hydrogen) atoms. The molecule has 2 amide bonds. The van der Waals surface area contributed by atoms with Crippen molar-refractivity contribution in [2.45, 2.75) is 37.2 Å². The van der Waals surface area contributed by atoms with Crippen LogP contribution in [0.2, 0.25) is 5.02 Å². The van der Waals surface area contributed by atoms with Crippen molar-refractivity contribution in [2.24, 2.45) is 0 Å². The first-order valence-corrected chi connectivity index (χ1v) is 16.7. The van der Waals surface area contributed by atoms with E-state index in [-0.39, 0.29) is 35.2 Å². The minimum atomic E-state index is -4.45. The van der Waals surface area contributed by atoms with Crippen molar-refractivity contribution in [2.75, 3.05) is 31.6 Å². The molecule has 0 spiro atoms. The number of amides is 2. The summed E-state index contributed by atoms with van der Waals surface area (Å²) in [6, 6.07) is 23.9. The summed E-state index contributed by atoms with van der Waals surface area (Å²) in [5.74, 6) is -1.16. The molecule has 0 saturated heterocycles. The van der Waals surface area contributed by atoms with Gasteiger partial charge >= 0.3 is 0 Å². The van der Waals surface area contributed by atoms with Gasteiger partial charge in [-0.1, -0.05) is 61.0 Å². The van der Waals surface area contributed by atoms with Gasteiger partial charge < -0.3 is 19.7 Å². The molecular formula is C35H37ClFN3O6S. The van der Waals surface area contributed by atoms with Crippen LogP contribution in [0.1, 0.15) is 24.5 Å². The van der Waals surface area contributed by atoms with Gasteiger partial charge in [-0.2, -0.15) is 0 Å². The summed E-state index contributed by atoms with van der Waals surface area (Å²) in [6.07, 6.45) is 0.843. The summed E-state index contributed by atoms with van der Waals surface area (Å²) in [6.45, 7) is 1.57. The van der Waals surface area contributed by atoms with Crippen molar-refractivity contribution >= 4 is 39.1 Å². The van der Waals surface area contributed by atoms with E-state index in [0.717, 1.165) is 22.0 Å². The lowest BCUT2D eigenvalue weighted by atomic mass is 10.0. The van der Waals surface area contributed by atoms with Crippen LogP contribution in [0, 0.1) is 5.82 Å². The first kappa shape index (κ1) is 35.2. The fourth-order valence-electron chi connectivity index (χ4n) is 4.99. The number of nitrogens with zero attached hydrogens (tertiary/aromatic N) is 2. The molecule has 1 N–H and O–H groups in total. The van der Waals surface area contributed by atoms with E-state index in [9.17, 15) is 22.4 Å². The third-order valence-electron chi connectivity index (χ3n) is 7.40. The van der Waals surface area contributed by atoms with Gasteiger partial charge in [-0.3, -0.25) is 13.9 Å². The molecule has 248 valence electrons. The predicted molar refractivity (Wildman–Crippen MR) is 180 cm³/mol. The van der Waals surface area contributed by atoms with E-state index in [2.05, 4.69) is 5.32 Å². The monoisotopic (exact) mass is 681 g/mol. The van der Waals surface area contributed by atoms with Crippen LogP contribution in [0.4, 0.5) is 10.1 Å². The molecule has 4 aromatic carbocycles. The molecule has 1 atom stereocenters. The second kappa shape index (κ2) is 16.3. The second-order valence-electron chi connectivity index (χ2n) is 10.7. The number of halogens is 2. The Morgan fingerprint density at radius 2 is 1.55 bits per heavy atom. The molecule has 0 aliphatic heterocycles. The van der Waals surface area contributed by atoms with Gasteiger partial charge in [-0.25, -0.2) is 12.8 Å². The lowest BCUT2D eigenvalue weighted by Gasteiger charge is -2.34. The lowest BCUT2D eigenvalue weighted by molar-refractivity contribution is -0.140. The molecule has 9 nitrogen and oxygen atoms in total. The minimum Gasteiger partial charge on any atom is -0.493 e. The second-order valence-corrected chi connectivity index (χ2v) is 13.0. The van der Waals surface area contributed by atoms with Gasteiger partial charge in [0.05, 0.1) is 24.8 Å². The van der Waals surface area contributed by atoms with Gasteiger partial charge in [-0.05, 0) is 66.1 Å². The van der Waals surface area contributed by atoms with Gasteiger partial charge in [0.25, 0.3) is 10.0 Å². The van der Waals surface area contributed by atoms with Crippen LogP contribution in [0.5, 0.6) is 11.5 Å². The quantitative estimate of drug-likeness (QED) is 0.169. The highest BCUT2D eigenvalue weighted by atomic mass is 35.5. The van der Waals surface area contributed by atoms with Crippen molar-refractivity contribution in [3.8, 4) is 11.5 Å². The maximum atomic E-state index is 14.5. The molecule has 0 radical (unpaired) electrons. The van der Waals surface area contributed by atoms with Crippen molar-refractivity contribution in [3.63, 3.8) is 0 Å². The summed E-state index contributed by atoms with van der Waals surface area (Å²) in [5, 5.41) is 3.34. The van der Waals surface area contributed by atoms with Crippen molar-refractivity contribution < 1.29 is 31.9 Å². The molecule has 0 fully saturated rings. The number of nitrogens with one attached hydrogen (secondary N) is 1. The van der Waals surface area contributed by atoms with Crippen LogP contribution in [-0.4, -0.2) is 58.5 Å². The van der Waals surface area contributed by atoms with E-state index >= 15 is 0 Å². The van der Waals surface area contributed by atoms with E-state index in [1.165, 1.54) is 49.5 Å². The normalized spacial score (nSPS) is 11.8. The molecule has 0 aliphatic rings. The van der Waals surface area contributed by atoms with Gasteiger partial charge in [0, 0.05) is 30.6 Å². The summed E-state index contributed by atoms with van der Waals surface area (Å²) in [7, 11) is -1.65. The Kier molecular flexibility index (Phi) is 12.2. The Bertz CT molecular complexity index is 1770. The van der Waals surface area contributed by atoms with Crippen LogP contribution in [0.25, 0.3) is 0 Å². The summed E-state index contributed by atoms with van der Waals surface area (Å²) in [5.41, 5.74) is 1.50. The number of rotatable bonds is 15. The first-order chi connectivity index (χ1) is 22.6. The molecule has 0 saturated carbocycles. The largest absolute Gasteiger partial charge is 0.493 e. The SMILES string of the molecule is CCCNC(=O)[C@@H](Cc1ccccc1)N(Cc1cccc(Cl)c1)C(=O)CN(c1ccc(F)cc1)S(=O)(=O)c1ccc(OC)c(OC)c1. The number of carbonyl (C=O) groups is 2. The molecular weight excluding hydrogens is 645 g/mol. The Morgan fingerprint density at radius 1 is 0.872 bits per heavy atom. The van der Waals surface area contributed by atoms with Crippen molar-refractivity contribution in [1.82, 2.24) is 10.2 Å². The molecule has 12 heteroatoms. The molecule has 0 aliphatic carbocycles. The Balaban J connectivity index is 1.82. The third-order valence-corrected chi connectivity index (χ3v) is 9.40. The van der Waals surface area contributed by atoms with Crippen LogP contribution in [0.3, 0.4) is 0 Å². The van der Waals surface area contributed by atoms with Gasteiger partial charge in [0.15, 0.2) is 11.5 Å². The van der Waals surface area contributed by atoms with Crippen LogP contribution in [0.15, 0.2) is 102 Å². The Hall–Kier alpha value is -4.61. The molecule has 0 heterocycles. The molecule has 0 aromatic heterocycles. The number of methoxy groups -OCH3 is 2. The highest BCUT2D eigenvalue weighted by Crippen LogP contribution is 2.32. The number of hydrogen-bond acceptors (Lipinski definition) is 6. The van der Waals surface area contributed by atoms with Crippen molar-refractivity contribution in [1.29, 1.82) is 0 Å². The number of benzene rings is 4. The zero-order chi connectivity index (χ0) is 34.0. The lowest BCUT2D eigenvalue weighted by Crippen LogP contribution is -2.53. The number of ether oxygens (including phenoxy) is 2. The first-order valence-electron chi connectivity index (χ1n) is 14.9. The highest BCUT2D eigenvalue weighted by Gasteiger charge is 2.35. The number of sulfonamides is 1. The molecule has 4 rings (SSSR count). The topological polar surface area (TPSA) is 105 Å². The molecule has 0 unspecified atom stereocenters. The van der Waals surface area contributed by atoms with Gasteiger partial charge in [0.1, 0.15) is 18.4 Å². The Morgan fingerprint density at radius 3 is 2.19 bits per heavy atom. The van der Waals surface area contributed by atoms with E-state index in [1.54, 1.807) is 24.3 Å². The zero-order valence-corrected chi connectivity index (χ0v) is 27.9. The highest BCUT2D eigenvalue weighted by molar-refractivity contribution is 7.92. The van der Waals surface area contributed by atoms with E-state index in [1.807, 2.05) is 37.3 Å². The minimum absolute atomic E-state index is 0.0376. The third kappa shape index (κ3) is 9.02. The van der Waals surface area contributed by atoms with Crippen molar-refractivity contribution in [3.05, 3.63) is 119 Å². The molecule has 4 aromatic rings. The maximum absolute atomic E-state index is 14.5. The predicted octanol–water partition coefficient (Wildman–Crippen LogP) is 5.86. The number of carbonyl (C=O) groups excluding carboxylic acids is 2. The summed E-state index contributed by atoms with van der Waals surface area (Å²) < 4.78 is 54.0. The summed E-state index contributed by atoms with van der Waals surface area (Å²) >= 11 is 6.28. The summed E-state index contributed by atoms with van der Waals surface area (Å²) in [4.78, 5) is 29.4. The van der Waals surface area contributed by atoms with E-state index < -0.39 is 34.3 Å². The van der Waals surface area contributed by atoms with Gasteiger partial charge in [-0.15, -0.1) is 0 Å². The smallest absolute Gasteiger partial charge is 0.264 e. The fraction of sp³-hybridized carbons (Fsp3) is 0.257. The number of anilines is 1. The zero-order valence-electron chi connectivity index (χ0n) is 26.4. The Labute approximate surface area is 279 Å². The van der Waals surface area contributed by atoms with Crippen LogP contribution in [-0.2, 0) is 32.6 Å².